The van der Waals surface area contributed by atoms with Crippen molar-refractivity contribution >= 4 is 61.8 Å². The maximum Gasteiger partial charge on any atom is 1.00 e. The molecule has 0 heterocycles. The number of rotatable bonds is 18. The van der Waals surface area contributed by atoms with E-state index in [1.54, 1.807) is 18.2 Å². The van der Waals surface area contributed by atoms with Crippen molar-refractivity contribution in [1.82, 2.24) is 0 Å². The summed E-state index contributed by atoms with van der Waals surface area (Å²) < 4.78 is 40.0. The van der Waals surface area contributed by atoms with Crippen molar-refractivity contribution in [3.63, 3.8) is 0 Å². The summed E-state index contributed by atoms with van der Waals surface area (Å²) in [6.07, 6.45) is 29.2. The summed E-state index contributed by atoms with van der Waals surface area (Å²) in [5.41, 5.74) is 3.06. The van der Waals surface area contributed by atoms with Crippen molar-refractivity contribution in [3.05, 3.63) is 162 Å². The maximum atomic E-state index is 12.1. The van der Waals surface area contributed by atoms with Gasteiger partial charge in [-0.1, -0.05) is 141 Å². The average Bonchev–Trinajstić information content (AvgIpc) is 3.69. The van der Waals surface area contributed by atoms with Crippen molar-refractivity contribution in [3.8, 4) is 0 Å². The molecule has 6 N–H and O–H groups in total. The van der Waals surface area contributed by atoms with Crippen LogP contribution in [0.5, 0.6) is 0 Å². The largest absolute Gasteiger partial charge is 1.00 e. The molecule has 4 saturated carbocycles. The van der Waals surface area contributed by atoms with Crippen molar-refractivity contribution in [1.29, 1.82) is 0 Å². The van der Waals surface area contributed by atoms with Crippen LogP contribution in [-0.4, -0.2) is 104 Å². The predicted octanol–water partition coefficient (Wildman–Crippen LogP) is 8.28. The predicted molar refractivity (Wildman–Crippen MR) is 332 cm³/mol. The molecule has 471 valence electrons. The average molecular weight is 1260 g/mol. The van der Waals surface area contributed by atoms with Crippen LogP contribution >= 0.6 is 23.2 Å². The molecule has 3 aromatic rings. The minimum absolute atomic E-state index is 0. The van der Waals surface area contributed by atoms with Gasteiger partial charge in [0, 0.05) is 22.6 Å². The molecule has 0 aromatic heterocycles. The van der Waals surface area contributed by atoms with Crippen LogP contribution < -0.4 is 59.1 Å². The summed E-state index contributed by atoms with van der Waals surface area (Å²) >= 11 is 9.53. The second-order valence-corrected chi connectivity index (χ2v) is 20.3. The molecular formula is C65H95BCl2F2NNa2O13. The third-order valence-electron chi connectivity index (χ3n) is 14.1. The summed E-state index contributed by atoms with van der Waals surface area (Å²) in [5, 5.41) is 37.9. The maximum absolute atomic E-state index is 12.1. The number of allylic oxidation sites excluding steroid dienone is 7. The molecule has 21 heteroatoms. The van der Waals surface area contributed by atoms with E-state index in [2.05, 4.69) is 6.08 Å². The number of carbonyl (C=O) groups excluding carboxylic acids is 4. The molecule has 4 aliphatic carbocycles. The third-order valence-corrected chi connectivity index (χ3v) is 14.1. The van der Waals surface area contributed by atoms with E-state index in [9.17, 15) is 32.8 Å². The Labute approximate surface area is 569 Å². The summed E-state index contributed by atoms with van der Waals surface area (Å²) in [6.45, 7) is 0.340. The number of aldehydes is 1. The van der Waals surface area contributed by atoms with Gasteiger partial charge in [-0.25, -0.2) is 8.78 Å². The Morgan fingerprint density at radius 1 is 0.500 bits per heavy atom. The van der Waals surface area contributed by atoms with Crippen LogP contribution in [0.3, 0.4) is 0 Å². The Balaban J connectivity index is -0.000000238. The van der Waals surface area contributed by atoms with E-state index in [1.807, 2.05) is 109 Å². The minimum Gasteiger partial charge on any atom is -1.00 e. The topological polar surface area (TPSA) is 238 Å². The molecule has 4 aliphatic rings. The van der Waals surface area contributed by atoms with Crippen molar-refractivity contribution < 1.29 is 133 Å². The molecule has 0 saturated heterocycles. The summed E-state index contributed by atoms with van der Waals surface area (Å²) in [7, 11) is 2.00. The van der Waals surface area contributed by atoms with Gasteiger partial charge in [0.25, 0.3) is 0 Å². The van der Waals surface area contributed by atoms with Crippen molar-refractivity contribution in [2.24, 2.45) is 47.3 Å². The number of alkyl halides is 4. The van der Waals surface area contributed by atoms with Gasteiger partial charge in [-0.2, -0.15) is 0 Å². The number of hydrogen-bond acceptors (Lipinski definition) is 12. The Hall–Kier alpha value is -3.53. The zero-order valence-electron chi connectivity index (χ0n) is 51.3. The molecule has 0 atom stereocenters. The van der Waals surface area contributed by atoms with Crippen LogP contribution in [0.4, 0.5) is 8.78 Å². The molecule has 86 heavy (non-hydrogen) atoms. The van der Waals surface area contributed by atoms with E-state index in [-0.39, 0.29) is 130 Å². The van der Waals surface area contributed by atoms with Crippen LogP contribution in [0, 0.1) is 47.3 Å². The van der Waals surface area contributed by atoms with Gasteiger partial charge in [0.15, 0.2) is 0 Å². The van der Waals surface area contributed by atoms with Gasteiger partial charge in [-0.3, -0.25) is 24.0 Å². The molecule has 0 amide bonds. The number of aliphatic hydroxyl groups excluding tert-OH is 3. The van der Waals surface area contributed by atoms with Gasteiger partial charge >= 0.3 is 83.0 Å². The molecule has 3 radical (unpaired) electrons. The first-order valence-electron chi connectivity index (χ1n) is 28.0. The summed E-state index contributed by atoms with van der Waals surface area (Å²) in [6, 6.07) is 29.2. The summed E-state index contributed by atoms with van der Waals surface area (Å²) in [4.78, 5) is 56.9. The van der Waals surface area contributed by atoms with Gasteiger partial charge in [0.2, 0.25) is 0 Å². The third kappa shape index (κ3) is 44.0. The Bertz CT molecular complexity index is 2100. The molecule has 0 bridgehead atoms. The van der Waals surface area contributed by atoms with Crippen LogP contribution in [0.2, 0.25) is 0 Å². The number of nitrogens with one attached hydrogen (secondary N) is 1. The molecule has 7 rings (SSSR count). The van der Waals surface area contributed by atoms with E-state index in [1.165, 1.54) is 6.08 Å². The SMILES string of the molecule is C.CO.CO.ClCCl.O=C(O)C1CCC(/C=C/CF)CC1.O=C(OCc1ccccc1)C1CCC(/C=C/CF)CC1.O=C(OCc1ccccc1)C1CCC(/C=C/CO)CC1.O=C/C=C/C1CCC(C(=O)OCc2ccccc2)CC1.[B].[H-].[NH-]O.[Na+].[Na+]. The first-order valence-corrected chi connectivity index (χ1v) is 29.0. The van der Waals surface area contributed by atoms with Gasteiger partial charge in [0.1, 0.15) is 39.5 Å². The number of benzene rings is 3. The smallest absolute Gasteiger partial charge is 1.00 e. The number of hydrogen-bond donors (Lipinski definition) is 5. The fraction of sp³-hybridized carbons (Fsp3) is 0.523. The standard InChI is InChI=1S/C17H21FO2.C17H22O3.C17H20O3.C10H15FO2.CH2Cl2.2CH4O.CH4.B.H2NO.2Na.H/c3*18-12-4-7-14-8-10-16(11-9-14)17(19)20-13-15-5-2-1-3-6-15;11-7-1-2-8-3-5-9(6-4-8)10(12)13;2-1-3;2*1-2;;;1-2;;;/h1-7,14,16H,8-13H2;1-7,14,16,18H,8-13H2;1-7,12,14,16H,8-11,13H2;1-2,8-9H,3-7H2,(H,12,13);1H2;2*2H,1H3;1H4;;1-2H;;;/q;;;;;;;;;-1;2*+1;-1/b3*7-4+;2-1+;;;;;;;;;. The van der Waals surface area contributed by atoms with E-state index in [0.717, 1.165) is 140 Å². The van der Waals surface area contributed by atoms with Crippen LogP contribution in [-0.2, 0) is 58.0 Å². The first kappa shape index (κ1) is 91.2. The quantitative estimate of drug-likeness (QED) is 0.0118. The Morgan fingerprint density at radius 2 is 0.744 bits per heavy atom. The van der Waals surface area contributed by atoms with Gasteiger partial charge in [0.05, 0.1) is 35.6 Å². The molecule has 4 fully saturated rings. The second kappa shape index (κ2) is 63.1. The summed E-state index contributed by atoms with van der Waals surface area (Å²) in [5.74, 6) is 5.44. The van der Waals surface area contributed by atoms with Crippen molar-refractivity contribution in [2.75, 3.05) is 39.5 Å². The normalized spacial score (nSPS) is 20.7. The number of aliphatic carboxylic acids is 1. The number of ether oxygens (including phenoxy) is 3. The number of halogens is 4. The number of aliphatic hydroxyl groups is 3. The Morgan fingerprint density at radius 3 is 0.977 bits per heavy atom. The van der Waals surface area contributed by atoms with E-state index in [4.69, 9.17) is 68.9 Å². The van der Waals surface area contributed by atoms with E-state index < -0.39 is 19.3 Å². The number of carboxylic acid groups (broad SMARTS) is 1. The van der Waals surface area contributed by atoms with Crippen LogP contribution in [0.1, 0.15) is 128 Å². The van der Waals surface area contributed by atoms with Crippen LogP contribution in [0.25, 0.3) is 5.90 Å². The van der Waals surface area contributed by atoms with Crippen LogP contribution in [0.15, 0.2) is 140 Å². The monoisotopic (exact) mass is 1260 g/mol. The fourth-order valence-electron chi connectivity index (χ4n) is 9.68. The molecule has 0 unspecified atom stereocenters. The molecule has 14 nitrogen and oxygen atoms in total. The zero-order chi connectivity index (χ0) is 61.0. The number of carbonyl (C=O) groups is 5. The van der Waals surface area contributed by atoms with Gasteiger partial charge < -0.3 is 47.2 Å². The molecule has 3 aromatic carbocycles. The molecular weight excluding hydrogens is 1170 g/mol. The van der Waals surface area contributed by atoms with E-state index >= 15 is 0 Å². The van der Waals surface area contributed by atoms with E-state index in [0.29, 0.717) is 43.5 Å². The number of esters is 3. The fourth-order valence-corrected chi connectivity index (χ4v) is 9.68. The minimum atomic E-state index is -0.687. The van der Waals surface area contributed by atoms with Crippen molar-refractivity contribution in [2.45, 2.75) is 130 Å². The molecule has 0 spiro atoms. The van der Waals surface area contributed by atoms with Gasteiger partial charge in [-0.05, 0) is 149 Å². The Kier molecular flexibility index (Phi) is 66.9. The second-order valence-electron chi connectivity index (χ2n) is 19.5. The number of carboxylic acids is 1. The molecule has 0 aliphatic heterocycles. The van der Waals surface area contributed by atoms with Gasteiger partial charge in [-0.15, -0.1) is 23.2 Å². The first-order chi connectivity index (χ1) is 40.0. The zero-order valence-corrected chi connectivity index (χ0v) is 55.8.